The summed E-state index contributed by atoms with van der Waals surface area (Å²) in [6.07, 6.45) is 0.685. The van der Waals surface area contributed by atoms with Crippen LogP contribution in [0.3, 0.4) is 0 Å². The topological polar surface area (TPSA) is 41.8 Å². The van der Waals surface area contributed by atoms with Gasteiger partial charge < -0.3 is 9.94 Å². The fourth-order valence-corrected chi connectivity index (χ4v) is 2.66. The minimum absolute atomic E-state index is 0.505. The molecule has 1 N–H and O–H groups in total. The first kappa shape index (κ1) is 13.9. The van der Waals surface area contributed by atoms with Crippen LogP contribution in [0.15, 0.2) is 41.6 Å². The Morgan fingerprint density at radius 2 is 2.00 bits per heavy atom. The van der Waals surface area contributed by atoms with Crippen LogP contribution in [-0.2, 0) is 6.61 Å². The molecule has 2 rings (SSSR count). The molecular formula is C14H14ClNO2S. The monoisotopic (exact) mass is 295 g/mol. The van der Waals surface area contributed by atoms with Gasteiger partial charge in [-0.15, -0.1) is 11.3 Å². The molecule has 0 spiro atoms. The van der Waals surface area contributed by atoms with Crippen molar-refractivity contribution in [1.29, 1.82) is 0 Å². The van der Waals surface area contributed by atoms with Crippen LogP contribution in [-0.4, -0.2) is 10.9 Å². The molecular weight excluding hydrogens is 282 g/mol. The number of thiophene rings is 1. The average molecular weight is 296 g/mol. The molecule has 0 aliphatic rings. The molecule has 1 heterocycles. The molecule has 0 bridgehead atoms. The fourth-order valence-electron chi connectivity index (χ4n) is 1.66. The number of oxime groups is 1. The van der Waals surface area contributed by atoms with Gasteiger partial charge >= 0.3 is 0 Å². The van der Waals surface area contributed by atoms with E-state index in [0.717, 1.165) is 20.5 Å². The van der Waals surface area contributed by atoms with Crippen LogP contribution >= 0.6 is 22.9 Å². The van der Waals surface area contributed by atoms with Crippen molar-refractivity contribution in [1.82, 2.24) is 0 Å². The first-order valence-corrected chi connectivity index (χ1v) is 7.10. The van der Waals surface area contributed by atoms with Crippen LogP contribution in [0.5, 0.6) is 5.75 Å². The number of halogens is 1. The van der Waals surface area contributed by atoms with E-state index in [-0.39, 0.29) is 0 Å². The first-order valence-electron chi connectivity index (χ1n) is 5.91. The highest BCUT2D eigenvalue weighted by molar-refractivity contribution is 7.16. The lowest BCUT2D eigenvalue weighted by Crippen LogP contribution is -1.99. The van der Waals surface area contributed by atoms with Gasteiger partial charge in [-0.3, -0.25) is 0 Å². The van der Waals surface area contributed by atoms with Crippen LogP contribution in [0.4, 0.5) is 0 Å². The fraction of sp³-hybridized carbons (Fsp3) is 0.214. The van der Waals surface area contributed by atoms with Crippen molar-refractivity contribution in [3.63, 3.8) is 0 Å². The van der Waals surface area contributed by atoms with Crippen LogP contribution < -0.4 is 4.74 Å². The van der Waals surface area contributed by atoms with Gasteiger partial charge in [-0.1, -0.05) is 23.7 Å². The summed E-state index contributed by atoms with van der Waals surface area (Å²) in [5.41, 5.74) is 1.56. The summed E-state index contributed by atoms with van der Waals surface area (Å²) >= 11 is 7.37. The molecule has 0 aliphatic heterocycles. The Balaban J connectivity index is 1.99. The van der Waals surface area contributed by atoms with Crippen molar-refractivity contribution < 1.29 is 9.94 Å². The highest BCUT2D eigenvalue weighted by Crippen LogP contribution is 2.23. The van der Waals surface area contributed by atoms with E-state index in [4.69, 9.17) is 21.5 Å². The molecule has 19 heavy (non-hydrogen) atoms. The van der Waals surface area contributed by atoms with Crippen molar-refractivity contribution in [2.24, 2.45) is 5.16 Å². The summed E-state index contributed by atoms with van der Waals surface area (Å²) in [6, 6.07) is 11.3. The Bertz CT molecular complexity index is 563. The summed E-state index contributed by atoms with van der Waals surface area (Å²) in [5, 5.41) is 12.1. The van der Waals surface area contributed by atoms with E-state index in [1.165, 1.54) is 11.3 Å². The molecule has 5 heteroatoms. The minimum Gasteiger partial charge on any atom is -0.488 e. The van der Waals surface area contributed by atoms with Crippen LogP contribution in [0.2, 0.25) is 4.34 Å². The van der Waals surface area contributed by atoms with E-state index < -0.39 is 0 Å². The van der Waals surface area contributed by atoms with Crippen molar-refractivity contribution in [2.75, 3.05) is 0 Å². The molecule has 0 fully saturated rings. The highest BCUT2D eigenvalue weighted by Gasteiger charge is 2.03. The van der Waals surface area contributed by atoms with Gasteiger partial charge in [0.15, 0.2) is 0 Å². The lowest BCUT2D eigenvalue weighted by atomic mass is 10.1. The van der Waals surface area contributed by atoms with E-state index in [2.05, 4.69) is 5.16 Å². The molecule has 1 aromatic carbocycles. The zero-order chi connectivity index (χ0) is 13.7. The second-order valence-electron chi connectivity index (χ2n) is 3.92. The molecule has 0 saturated carbocycles. The number of ether oxygens (including phenoxy) is 1. The summed E-state index contributed by atoms with van der Waals surface area (Å²) in [4.78, 5) is 1.08. The second-order valence-corrected chi connectivity index (χ2v) is 5.72. The van der Waals surface area contributed by atoms with E-state index in [1.807, 2.05) is 43.3 Å². The molecule has 1 aromatic heterocycles. The first-order chi connectivity index (χ1) is 9.22. The molecule has 0 radical (unpaired) electrons. The molecule has 100 valence electrons. The second kappa shape index (κ2) is 6.59. The van der Waals surface area contributed by atoms with Crippen molar-refractivity contribution >= 4 is 28.6 Å². The average Bonchev–Trinajstić information content (AvgIpc) is 2.85. The van der Waals surface area contributed by atoms with E-state index in [9.17, 15) is 0 Å². The Hall–Kier alpha value is -1.52. The molecule has 0 aliphatic carbocycles. The van der Waals surface area contributed by atoms with E-state index in [0.29, 0.717) is 18.7 Å². The standard InChI is InChI=1S/C14H14ClNO2S/c1-2-13(16-17)10-3-5-11(6-4-10)18-9-12-7-8-14(15)19-12/h3-8,17H,2,9H2,1H3/b16-13+. The van der Waals surface area contributed by atoms with Crippen LogP contribution in [0.25, 0.3) is 0 Å². The lowest BCUT2D eigenvalue weighted by molar-refractivity contribution is 0.309. The van der Waals surface area contributed by atoms with Gasteiger partial charge in [-0.05, 0) is 48.4 Å². The Labute approximate surface area is 121 Å². The number of nitrogens with zero attached hydrogens (tertiary/aromatic N) is 1. The molecule has 0 saturated heterocycles. The van der Waals surface area contributed by atoms with Gasteiger partial charge in [0.25, 0.3) is 0 Å². The predicted molar refractivity (Wildman–Crippen MR) is 78.7 cm³/mol. The zero-order valence-corrected chi connectivity index (χ0v) is 12.0. The largest absolute Gasteiger partial charge is 0.488 e. The third kappa shape index (κ3) is 3.72. The Morgan fingerprint density at radius 3 is 2.53 bits per heavy atom. The number of hydrogen-bond acceptors (Lipinski definition) is 4. The highest BCUT2D eigenvalue weighted by atomic mass is 35.5. The predicted octanol–water partition coefficient (Wildman–Crippen LogP) is 4.57. The summed E-state index contributed by atoms with van der Waals surface area (Å²) in [6.45, 7) is 2.45. The lowest BCUT2D eigenvalue weighted by Gasteiger charge is -2.06. The quantitative estimate of drug-likeness (QED) is 0.499. The molecule has 0 unspecified atom stereocenters. The maximum absolute atomic E-state index is 8.85. The molecule has 2 aromatic rings. The number of benzene rings is 1. The molecule has 0 atom stereocenters. The SMILES string of the molecule is CC/C(=N\O)c1ccc(OCc2ccc(Cl)s2)cc1. The van der Waals surface area contributed by atoms with Gasteiger partial charge in [0.05, 0.1) is 10.0 Å². The van der Waals surface area contributed by atoms with E-state index >= 15 is 0 Å². The third-order valence-corrected chi connectivity index (χ3v) is 3.86. The smallest absolute Gasteiger partial charge is 0.122 e. The maximum Gasteiger partial charge on any atom is 0.122 e. The molecule has 0 amide bonds. The normalized spacial score (nSPS) is 11.6. The van der Waals surface area contributed by atoms with Gasteiger partial charge in [-0.25, -0.2) is 0 Å². The summed E-state index contributed by atoms with van der Waals surface area (Å²) in [5.74, 6) is 0.779. The summed E-state index contributed by atoms with van der Waals surface area (Å²) in [7, 11) is 0. The van der Waals surface area contributed by atoms with Gasteiger partial charge in [0, 0.05) is 4.88 Å². The summed E-state index contributed by atoms with van der Waals surface area (Å²) < 4.78 is 6.42. The van der Waals surface area contributed by atoms with Crippen LogP contribution in [0, 0.1) is 0 Å². The minimum atomic E-state index is 0.505. The number of rotatable bonds is 5. The maximum atomic E-state index is 8.85. The zero-order valence-electron chi connectivity index (χ0n) is 10.5. The van der Waals surface area contributed by atoms with Crippen LogP contribution in [0.1, 0.15) is 23.8 Å². The van der Waals surface area contributed by atoms with Crippen molar-refractivity contribution in [3.8, 4) is 5.75 Å². The van der Waals surface area contributed by atoms with E-state index in [1.54, 1.807) is 0 Å². The van der Waals surface area contributed by atoms with Gasteiger partial charge in [0.2, 0.25) is 0 Å². The third-order valence-electron chi connectivity index (χ3n) is 2.65. The van der Waals surface area contributed by atoms with Gasteiger partial charge in [-0.2, -0.15) is 0 Å². The Kier molecular flexibility index (Phi) is 4.82. The van der Waals surface area contributed by atoms with Gasteiger partial charge in [0.1, 0.15) is 12.4 Å². The Morgan fingerprint density at radius 1 is 1.26 bits per heavy atom. The molecule has 3 nitrogen and oxygen atoms in total. The van der Waals surface area contributed by atoms with Crippen molar-refractivity contribution in [2.45, 2.75) is 20.0 Å². The van der Waals surface area contributed by atoms with Crippen molar-refractivity contribution in [3.05, 3.63) is 51.2 Å². The number of hydrogen-bond donors (Lipinski definition) is 1.